The van der Waals surface area contributed by atoms with E-state index in [4.69, 9.17) is 11.6 Å². The van der Waals surface area contributed by atoms with Crippen LogP contribution in [0.2, 0.25) is 5.02 Å². The van der Waals surface area contributed by atoms with Gasteiger partial charge in [0, 0.05) is 16.1 Å². The van der Waals surface area contributed by atoms with E-state index in [9.17, 15) is 10.1 Å². The summed E-state index contributed by atoms with van der Waals surface area (Å²) in [6.07, 6.45) is 1.40. The second-order valence-electron chi connectivity index (χ2n) is 4.40. The van der Waals surface area contributed by atoms with Gasteiger partial charge in [-0.15, -0.1) is 0 Å². The zero-order valence-corrected chi connectivity index (χ0v) is 13.3. The SMILES string of the molecule is O=[N+]([O-])c1cc(-n2ncnc2-c2cccc(Br)c2)ccc1Cl. The first kappa shape index (κ1) is 14.7. The Morgan fingerprint density at radius 1 is 1.23 bits per heavy atom. The molecule has 0 N–H and O–H groups in total. The third kappa shape index (κ3) is 2.72. The Morgan fingerprint density at radius 2 is 2.05 bits per heavy atom. The largest absolute Gasteiger partial charge is 0.290 e. The van der Waals surface area contributed by atoms with Gasteiger partial charge in [0.05, 0.1) is 10.6 Å². The maximum atomic E-state index is 11.0. The molecule has 3 rings (SSSR count). The fourth-order valence-electron chi connectivity index (χ4n) is 2.03. The molecule has 0 aliphatic carbocycles. The summed E-state index contributed by atoms with van der Waals surface area (Å²) in [5.41, 5.74) is 1.18. The summed E-state index contributed by atoms with van der Waals surface area (Å²) in [7, 11) is 0. The van der Waals surface area contributed by atoms with E-state index >= 15 is 0 Å². The molecule has 0 saturated carbocycles. The summed E-state index contributed by atoms with van der Waals surface area (Å²) in [5, 5.41) is 15.2. The average Bonchev–Trinajstić information content (AvgIpc) is 2.97. The van der Waals surface area contributed by atoms with Gasteiger partial charge in [0.2, 0.25) is 0 Å². The number of nitrogens with zero attached hydrogens (tertiary/aromatic N) is 4. The number of nitro benzene ring substituents is 1. The normalized spacial score (nSPS) is 10.6. The molecule has 3 aromatic rings. The highest BCUT2D eigenvalue weighted by Gasteiger charge is 2.16. The van der Waals surface area contributed by atoms with Crippen LogP contribution >= 0.6 is 27.5 Å². The van der Waals surface area contributed by atoms with Gasteiger partial charge in [0.15, 0.2) is 5.82 Å². The van der Waals surface area contributed by atoms with E-state index in [0.717, 1.165) is 10.0 Å². The summed E-state index contributed by atoms with van der Waals surface area (Å²) in [6.45, 7) is 0. The molecule has 0 spiro atoms. The van der Waals surface area contributed by atoms with Crippen LogP contribution < -0.4 is 0 Å². The molecule has 0 atom stereocenters. The van der Waals surface area contributed by atoms with Crippen molar-refractivity contribution in [3.8, 4) is 17.1 Å². The van der Waals surface area contributed by atoms with Gasteiger partial charge in [-0.2, -0.15) is 5.10 Å². The third-order valence-corrected chi connectivity index (χ3v) is 3.81. The van der Waals surface area contributed by atoms with Crippen molar-refractivity contribution in [1.82, 2.24) is 14.8 Å². The fourth-order valence-corrected chi connectivity index (χ4v) is 2.61. The first-order chi connectivity index (χ1) is 10.6. The minimum Gasteiger partial charge on any atom is -0.258 e. The molecule has 0 saturated heterocycles. The number of nitro groups is 1. The molecule has 0 bridgehead atoms. The molecular formula is C14H8BrClN4O2. The lowest BCUT2D eigenvalue weighted by Gasteiger charge is -2.07. The van der Waals surface area contributed by atoms with E-state index in [1.807, 2.05) is 24.3 Å². The first-order valence-corrected chi connectivity index (χ1v) is 7.33. The number of hydrogen-bond acceptors (Lipinski definition) is 4. The van der Waals surface area contributed by atoms with Crippen molar-refractivity contribution in [3.63, 3.8) is 0 Å². The molecule has 6 nitrogen and oxygen atoms in total. The Kier molecular flexibility index (Phi) is 3.91. The molecule has 22 heavy (non-hydrogen) atoms. The van der Waals surface area contributed by atoms with Gasteiger partial charge in [-0.05, 0) is 24.3 Å². The molecule has 0 amide bonds. The van der Waals surface area contributed by atoms with E-state index < -0.39 is 4.92 Å². The highest BCUT2D eigenvalue weighted by Crippen LogP contribution is 2.29. The van der Waals surface area contributed by atoms with Gasteiger partial charge >= 0.3 is 0 Å². The number of halogens is 2. The van der Waals surface area contributed by atoms with Gasteiger partial charge in [-0.3, -0.25) is 10.1 Å². The lowest BCUT2D eigenvalue weighted by atomic mass is 10.2. The topological polar surface area (TPSA) is 73.8 Å². The molecule has 0 aliphatic rings. The Labute approximate surface area is 138 Å². The van der Waals surface area contributed by atoms with E-state index in [2.05, 4.69) is 26.0 Å². The summed E-state index contributed by atoms with van der Waals surface area (Å²) < 4.78 is 2.44. The van der Waals surface area contributed by atoms with Gasteiger partial charge in [-0.25, -0.2) is 9.67 Å². The van der Waals surface area contributed by atoms with Crippen LogP contribution in [0.5, 0.6) is 0 Å². The van der Waals surface area contributed by atoms with Crippen molar-refractivity contribution in [2.75, 3.05) is 0 Å². The highest BCUT2D eigenvalue weighted by molar-refractivity contribution is 9.10. The van der Waals surface area contributed by atoms with Crippen LogP contribution in [0, 0.1) is 10.1 Å². The second-order valence-corrected chi connectivity index (χ2v) is 5.72. The number of aromatic nitrogens is 3. The van der Waals surface area contributed by atoms with E-state index in [1.54, 1.807) is 6.07 Å². The summed E-state index contributed by atoms with van der Waals surface area (Å²) >= 11 is 9.24. The summed E-state index contributed by atoms with van der Waals surface area (Å²) in [6, 6.07) is 12.1. The summed E-state index contributed by atoms with van der Waals surface area (Å²) in [4.78, 5) is 14.7. The van der Waals surface area contributed by atoms with Crippen LogP contribution in [0.15, 0.2) is 53.3 Å². The van der Waals surface area contributed by atoms with Crippen molar-refractivity contribution in [2.45, 2.75) is 0 Å². The fraction of sp³-hybridized carbons (Fsp3) is 0. The molecule has 0 fully saturated rings. The van der Waals surface area contributed by atoms with Crippen LogP contribution in [-0.4, -0.2) is 19.7 Å². The molecule has 8 heteroatoms. The van der Waals surface area contributed by atoms with E-state index in [-0.39, 0.29) is 10.7 Å². The standard InChI is InChI=1S/C14H8BrClN4O2/c15-10-3-1-2-9(6-10)14-17-8-18-19(14)11-4-5-12(16)13(7-11)20(21)22/h1-8H. The molecule has 0 unspecified atom stereocenters. The Hall–Kier alpha value is -2.25. The smallest absolute Gasteiger partial charge is 0.258 e. The molecular weight excluding hydrogens is 372 g/mol. The predicted octanol–water partition coefficient (Wildman–Crippen LogP) is 4.26. The van der Waals surface area contributed by atoms with Gasteiger partial charge in [0.25, 0.3) is 5.69 Å². The number of hydrogen-bond donors (Lipinski definition) is 0. The minimum absolute atomic E-state index is 0.0814. The molecule has 2 aromatic carbocycles. The Morgan fingerprint density at radius 3 is 2.77 bits per heavy atom. The zero-order chi connectivity index (χ0) is 15.7. The lowest BCUT2D eigenvalue weighted by molar-refractivity contribution is -0.384. The molecule has 0 aliphatic heterocycles. The van der Waals surface area contributed by atoms with Crippen molar-refractivity contribution in [1.29, 1.82) is 0 Å². The van der Waals surface area contributed by atoms with Gasteiger partial charge in [0.1, 0.15) is 11.3 Å². The maximum absolute atomic E-state index is 11.0. The van der Waals surface area contributed by atoms with E-state index in [1.165, 1.54) is 23.1 Å². The highest BCUT2D eigenvalue weighted by atomic mass is 79.9. The van der Waals surface area contributed by atoms with Gasteiger partial charge < -0.3 is 0 Å². The Bertz CT molecular complexity index is 866. The quantitative estimate of drug-likeness (QED) is 0.503. The number of rotatable bonds is 3. The third-order valence-electron chi connectivity index (χ3n) is 3.00. The first-order valence-electron chi connectivity index (χ1n) is 6.16. The van der Waals surface area contributed by atoms with Crippen LogP contribution in [0.3, 0.4) is 0 Å². The average molecular weight is 380 g/mol. The monoisotopic (exact) mass is 378 g/mol. The van der Waals surface area contributed by atoms with Crippen LogP contribution in [0.1, 0.15) is 0 Å². The molecule has 110 valence electrons. The number of benzene rings is 2. The van der Waals surface area contributed by atoms with Crippen LogP contribution in [-0.2, 0) is 0 Å². The molecule has 1 heterocycles. The van der Waals surface area contributed by atoms with Crippen molar-refractivity contribution in [3.05, 3.63) is 68.4 Å². The van der Waals surface area contributed by atoms with Crippen LogP contribution in [0.25, 0.3) is 17.1 Å². The van der Waals surface area contributed by atoms with E-state index in [0.29, 0.717) is 11.5 Å². The van der Waals surface area contributed by atoms with Crippen molar-refractivity contribution < 1.29 is 4.92 Å². The molecule has 1 aromatic heterocycles. The Balaban J connectivity index is 2.13. The predicted molar refractivity (Wildman–Crippen MR) is 86.2 cm³/mol. The molecule has 0 radical (unpaired) electrons. The lowest BCUT2D eigenvalue weighted by Crippen LogP contribution is -2.01. The second kappa shape index (κ2) is 5.86. The van der Waals surface area contributed by atoms with Crippen LogP contribution in [0.4, 0.5) is 5.69 Å². The van der Waals surface area contributed by atoms with Crippen molar-refractivity contribution >= 4 is 33.2 Å². The maximum Gasteiger partial charge on any atom is 0.290 e. The van der Waals surface area contributed by atoms with Crippen molar-refractivity contribution in [2.24, 2.45) is 0 Å². The zero-order valence-electron chi connectivity index (χ0n) is 11.0. The summed E-state index contributed by atoms with van der Waals surface area (Å²) in [5.74, 6) is 0.581. The minimum atomic E-state index is -0.526. The van der Waals surface area contributed by atoms with Gasteiger partial charge in [-0.1, -0.05) is 39.7 Å².